The third-order valence-corrected chi connectivity index (χ3v) is 5.46. The Labute approximate surface area is 171 Å². The second-order valence-corrected chi connectivity index (χ2v) is 7.76. The first-order chi connectivity index (χ1) is 14.0. The fraction of sp³-hybridized carbons (Fsp3) is 0.435. The molecule has 1 aliphatic rings. The second-order valence-electron chi connectivity index (χ2n) is 7.76. The summed E-state index contributed by atoms with van der Waals surface area (Å²) in [5.74, 6) is 0.131. The Hall–Kier alpha value is -2.76. The van der Waals surface area contributed by atoms with E-state index in [0.717, 1.165) is 31.4 Å². The monoisotopic (exact) mass is 397 g/mol. The van der Waals surface area contributed by atoms with Crippen LogP contribution in [-0.2, 0) is 16.0 Å². The molecule has 1 saturated heterocycles. The van der Waals surface area contributed by atoms with Crippen LogP contribution in [0.15, 0.2) is 42.7 Å². The number of hydrogen-bond donors (Lipinski definition) is 1. The number of nitrogens with one attached hydrogen (secondary N) is 1. The number of pyridine rings is 1. The number of halogens is 1. The molecule has 0 aliphatic carbocycles. The number of piperidine rings is 1. The van der Waals surface area contributed by atoms with E-state index in [-0.39, 0.29) is 17.6 Å². The maximum atomic E-state index is 13.2. The average molecular weight is 397 g/mol. The Balaban J connectivity index is 1.43. The van der Waals surface area contributed by atoms with Crippen LogP contribution in [0.3, 0.4) is 0 Å². The number of benzene rings is 1. The average Bonchev–Trinajstić information content (AvgIpc) is 2.73. The van der Waals surface area contributed by atoms with Crippen molar-refractivity contribution < 1.29 is 14.0 Å². The third-order valence-electron chi connectivity index (χ3n) is 5.46. The van der Waals surface area contributed by atoms with E-state index in [4.69, 9.17) is 0 Å². The van der Waals surface area contributed by atoms with Gasteiger partial charge in [-0.25, -0.2) is 4.39 Å². The molecular formula is C23H28FN3O2. The highest BCUT2D eigenvalue weighted by Crippen LogP contribution is 2.23. The first kappa shape index (κ1) is 21.0. The highest BCUT2D eigenvalue weighted by molar-refractivity contribution is 5.91. The minimum Gasteiger partial charge on any atom is -0.342 e. The molecule has 3 rings (SSSR count). The summed E-state index contributed by atoms with van der Waals surface area (Å²) in [6.45, 7) is 3.28. The number of likely N-dealkylation sites (tertiary alicyclic amines) is 1. The van der Waals surface area contributed by atoms with Crippen molar-refractivity contribution in [3.63, 3.8) is 0 Å². The number of anilines is 1. The lowest BCUT2D eigenvalue weighted by Crippen LogP contribution is -2.40. The van der Waals surface area contributed by atoms with Crippen LogP contribution in [0.1, 0.15) is 43.2 Å². The molecule has 0 bridgehead atoms. The standard InChI is InChI=1S/C23H28FN3O2/c1-17-14-20(24)8-9-21(17)26-22(28)10-6-19-5-3-13-27(16-19)23(29)11-7-18-4-2-12-25-15-18/h2,4,8-9,12,14-15,19H,3,5-7,10-11,13,16H2,1H3,(H,26,28). The van der Waals surface area contributed by atoms with Crippen LogP contribution >= 0.6 is 0 Å². The van der Waals surface area contributed by atoms with Gasteiger partial charge in [0.15, 0.2) is 0 Å². The van der Waals surface area contributed by atoms with Gasteiger partial charge in [0.1, 0.15) is 5.82 Å². The van der Waals surface area contributed by atoms with Gasteiger partial charge in [-0.15, -0.1) is 0 Å². The first-order valence-corrected chi connectivity index (χ1v) is 10.2. The normalized spacial score (nSPS) is 16.5. The minimum atomic E-state index is -0.309. The van der Waals surface area contributed by atoms with Crippen molar-refractivity contribution in [3.05, 3.63) is 59.7 Å². The molecule has 0 radical (unpaired) electrons. The lowest BCUT2D eigenvalue weighted by atomic mass is 9.93. The van der Waals surface area contributed by atoms with Crippen molar-refractivity contribution in [2.45, 2.75) is 45.4 Å². The lowest BCUT2D eigenvalue weighted by Gasteiger charge is -2.33. The molecule has 1 unspecified atom stereocenters. The van der Waals surface area contributed by atoms with E-state index in [1.165, 1.54) is 12.1 Å². The lowest BCUT2D eigenvalue weighted by molar-refractivity contribution is -0.133. The van der Waals surface area contributed by atoms with E-state index >= 15 is 0 Å². The van der Waals surface area contributed by atoms with Gasteiger partial charge in [0.05, 0.1) is 0 Å². The van der Waals surface area contributed by atoms with Crippen LogP contribution in [0.4, 0.5) is 10.1 Å². The van der Waals surface area contributed by atoms with Gasteiger partial charge in [0, 0.05) is 44.0 Å². The molecule has 154 valence electrons. The number of hydrogen-bond acceptors (Lipinski definition) is 3. The van der Waals surface area contributed by atoms with E-state index in [1.807, 2.05) is 17.0 Å². The number of carbonyl (C=O) groups is 2. The van der Waals surface area contributed by atoms with Crippen LogP contribution in [0.5, 0.6) is 0 Å². The molecule has 1 aromatic heterocycles. The number of aromatic nitrogens is 1. The molecular weight excluding hydrogens is 369 g/mol. The van der Waals surface area contributed by atoms with E-state index in [2.05, 4.69) is 10.3 Å². The van der Waals surface area contributed by atoms with Gasteiger partial charge >= 0.3 is 0 Å². The van der Waals surface area contributed by atoms with Crippen molar-refractivity contribution in [1.29, 1.82) is 0 Å². The van der Waals surface area contributed by atoms with Crippen LogP contribution < -0.4 is 5.32 Å². The number of aryl methyl sites for hydroxylation is 2. The summed E-state index contributed by atoms with van der Waals surface area (Å²) < 4.78 is 13.2. The van der Waals surface area contributed by atoms with Crippen molar-refractivity contribution in [2.24, 2.45) is 5.92 Å². The van der Waals surface area contributed by atoms with Gasteiger partial charge in [-0.05, 0) is 73.9 Å². The van der Waals surface area contributed by atoms with Crippen LogP contribution in [-0.4, -0.2) is 34.8 Å². The Morgan fingerprint density at radius 3 is 2.90 bits per heavy atom. The Bertz CT molecular complexity index is 841. The molecule has 1 atom stereocenters. The van der Waals surface area contributed by atoms with Gasteiger partial charge in [-0.2, -0.15) is 0 Å². The van der Waals surface area contributed by atoms with E-state index in [0.29, 0.717) is 43.0 Å². The third kappa shape index (κ3) is 6.38. The van der Waals surface area contributed by atoms with Crippen LogP contribution in [0.2, 0.25) is 0 Å². The van der Waals surface area contributed by atoms with Crippen LogP contribution in [0, 0.1) is 18.7 Å². The molecule has 1 aliphatic heterocycles. The predicted octanol–water partition coefficient (Wildman–Crippen LogP) is 4.12. The summed E-state index contributed by atoms with van der Waals surface area (Å²) in [5, 5.41) is 2.86. The zero-order valence-electron chi connectivity index (χ0n) is 16.9. The Kier molecular flexibility index (Phi) is 7.33. The fourth-order valence-electron chi connectivity index (χ4n) is 3.80. The molecule has 6 heteroatoms. The number of rotatable bonds is 7. The van der Waals surface area contributed by atoms with Gasteiger partial charge in [-0.3, -0.25) is 14.6 Å². The molecule has 2 aromatic rings. The number of carbonyl (C=O) groups excluding carboxylic acids is 2. The van der Waals surface area contributed by atoms with E-state index < -0.39 is 0 Å². The van der Waals surface area contributed by atoms with Crippen molar-refractivity contribution in [1.82, 2.24) is 9.88 Å². The zero-order valence-corrected chi connectivity index (χ0v) is 16.9. The molecule has 29 heavy (non-hydrogen) atoms. The zero-order chi connectivity index (χ0) is 20.6. The molecule has 2 amide bonds. The Morgan fingerprint density at radius 1 is 1.28 bits per heavy atom. The molecule has 1 aromatic carbocycles. The maximum absolute atomic E-state index is 13.2. The summed E-state index contributed by atoms with van der Waals surface area (Å²) in [6, 6.07) is 8.21. The van der Waals surface area contributed by atoms with Crippen molar-refractivity contribution in [2.75, 3.05) is 18.4 Å². The van der Waals surface area contributed by atoms with Gasteiger partial charge < -0.3 is 10.2 Å². The predicted molar refractivity (Wildman–Crippen MR) is 111 cm³/mol. The molecule has 0 saturated carbocycles. The Morgan fingerprint density at radius 2 is 2.14 bits per heavy atom. The van der Waals surface area contributed by atoms with E-state index in [1.54, 1.807) is 25.4 Å². The molecule has 0 spiro atoms. The molecule has 1 fully saturated rings. The summed E-state index contributed by atoms with van der Waals surface area (Å²) in [5.41, 5.74) is 2.43. The summed E-state index contributed by atoms with van der Waals surface area (Å²) >= 11 is 0. The number of nitrogens with zero attached hydrogens (tertiary/aromatic N) is 2. The second kappa shape index (κ2) is 10.1. The summed E-state index contributed by atoms with van der Waals surface area (Å²) in [6.07, 6.45) is 7.88. The maximum Gasteiger partial charge on any atom is 0.224 e. The summed E-state index contributed by atoms with van der Waals surface area (Å²) in [4.78, 5) is 30.9. The smallest absolute Gasteiger partial charge is 0.224 e. The topological polar surface area (TPSA) is 62.3 Å². The minimum absolute atomic E-state index is 0.0697. The molecule has 2 heterocycles. The van der Waals surface area contributed by atoms with Gasteiger partial charge in [-0.1, -0.05) is 6.07 Å². The van der Waals surface area contributed by atoms with Crippen molar-refractivity contribution >= 4 is 17.5 Å². The van der Waals surface area contributed by atoms with Gasteiger partial charge in [0.25, 0.3) is 0 Å². The highest BCUT2D eigenvalue weighted by atomic mass is 19.1. The molecule has 1 N–H and O–H groups in total. The first-order valence-electron chi connectivity index (χ1n) is 10.2. The SMILES string of the molecule is Cc1cc(F)ccc1NC(=O)CCC1CCCN(C(=O)CCc2cccnc2)C1. The van der Waals surface area contributed by atoms with Crippen molar-refractivity contribution in [3.8, 4) is 0 Å². The molecule has 5 nitrogen and oxygen atoms in total. The number of amides is 2. The van der Waals surface area contributed by atoms with Gasteiger partial charge in [0.2, 0.25) is 11.8 Å². The fourth-order valence-corrected chi connectivity index (χ4v) is 3.80. The quantitative estimate of drug-likeness (QED) is 0.764. The van der Waals surface area contributed by atoms with Crippen LogP contribution in [0.25, 0.3) is 0 Å². The highest BCUT2D eigenvalue weighted by Gasteiger charge is 2.24. The summed E-state index contributed by atoms with van der Waals surface area (Å²) in [7, 11) is 0. The van der Waals surface area contributed by atoms with E-state index in [9.17, 15) is 14.0 Å². The largest absolute Gasteiger partial charge is 0.342 e.